The number of hydrogen-bond donors (Lipinski definition) is 1. The van der Waals surface area contributed by atoms with Gasteiger partial charge in [0, 0.05) is 12.1 Å². The molecule has 0 heterocycles. The number of nitrogens with zero attached hydrogens (tertiary/aromatic N) is 1. The van der Waals surface area contributed by atoms with Gasteiger partial charge in [-0.15, -0.1) is 0 Å². The summed E-state index contributed by atoms with van der Waals surface area (Å²) in [5, 5.41) is 12.5. The highest BCUT2D eigenvalue weighted by Gasteiger charge is 2.35. The Morgan fingerprint density at radius 2 is 2.15 bits per heavy atom. The number of carbonyl (C=O) groups excluding carboxylic acids is 1. The van der Waals surface area contributed by atoms with Gasteiger partial charge in [-0.2, -0.15) is 5.26 Å². The zero-order valence-electron chi connectivity index (χ0n) is 12.1. The fourth-order valence-electron chi connectivity index (χ4n) is 2.90. The van der Waals surface area contributed by atoms with Crippen LogP contribution in [0.3, 0.4) is 0 Å². The third kappa shape index (κ3) is 3.19. The Balaban J connectivity index is 2.12. The molecule has 0 spiro atoms. The van der Waals surface area contributed by atoms with Crippen LogP contribution in [0.2, 0.25) is 0 Å². The summed E-state index contributed by atoms with van der Waals surface area (Å²) in [5.74, 6) is 0.0569. The van der Waals surface area contributed by atoms with Gasteiger partial charge >= 0.3 is 0 Å². The number of nitriles is 1. The van der Waals surface area contributed by atoms with E-state index < -0.39 is 0 Å². The van der Waals surface area contributed by atoms with Crippen molar-refractivity contribution in [1.82, 2.24) is 0 Å². The lowest BCUT2D eigenvalue weighted by molar-refractivity contribution is -0.116. The maximum absolute atomic E-state index is 11.8. The molecule has 1 fully saturated rings. The number of benzene rings is 1. The maximum atomic E-state index is 11.8. The van der Waals surface area contributed by atoms with E-state index in [1.54, 1.807) is 0 Å². The number of nitrogens with one attached hydrogen (secondary N) is 1. The van der Waals surface area contributed by atoms with E-state index in [2.05, 4.69) is 18.3 Å². The molecule has 3 nitrogen and oxygen atoms in total. The third-order valence-corrected chi connectivity index (χ3v) is 4.13. The predicted molar refractivity (Wildman–Crippen MR) is 80.4 cm³/mol. The summed E-state index contributed by atoms with van der Waals surface area (Å²) in [5.41, 5.74) is 1.51. The van der Waals surface area contributed by atoms with Crippen LogP contribution >= 0.6 is 0 Å². The van der Waals surface area contributed by atoms with Gasteiger partial charge in [-0.05, 0) is 37.0 Å². The summed E-state index contributed by atoms with van der Waals surface area (Å²) < 4.78 is 0. The van der Waals surface area contributed by atoms with Crippen molar-refractivity contribution in [3.05, 3.63) is 29.8 Å². The monoisotopic (exact) mass is 270 g/mol. The van der Waals surface area contributed by atoms with Crippen LogP contribution in [0.25, 0.3) is 0 Å². The lowest BCUT2D eigenvalue weighted by Crippen LogP contribution is -2.20. The van der Waals surface area contributed by atoms with Crippen LogP contribution in [0.5, 0.6) is 0 Å². The standard InChI is InChI=1S/C17H22N2O/c1-2-3-9-16(20)19-15-8-6-7-14(12-15)17(13-18)10-4-5-11-17/h6-8,12H,2-5,9-11H2,1H3,(H,19,20). The molecule has 0 saturated heterocycles. The number of carbonyl (C=O) groups is 1. The quantitative estimate of drug-likeness (QED) is 0.873. The van der Waals surface area contributed by atoms with Crippen molar-refractivity contribution >= 4 is 11.6 Å². The topological polar surface area (TPSA) is 52.9 Å². The van der Waals surface area contributed by atoms with Crippen LogP contribution < -0.4 is 5.32 Å². The van der Waals surface area contributed by atoms with Gasteiger partial charge in [0.1, 0.15) is 0 Å². The Kier molecular flexibility index (Phi) is 4.79. The predicted octanol–water partition coefficient (Wildman–Crippen LogP) is 4.15. The Bertz CT molecular complexity index is 510. The van der Waals surface area contributed by atoms with Gasteiger partial charge in [0.2, 0.25) is 5.91 Å². The highest BCUT2D eigenvalue weighted by molar-refractivity contribution is 5.90. The van der Waals surface area contributed by atoms with E-state index in [0.29, 0.717) is 6.42 Å². The fourth-order valence-corrected chi connectivity index (χ4v) is 2.90. The minimum absolute atomic E-state index is 0.0569. The molecule has 0 aliphatic heterocycles. The molecule has 1 aliphatic rings. The second kappa shape index (κ2) is 6.56. The molecule has 1 saturated carbocycles. The average molecular weight is 270 g/mol. The summed E-state index contributed by atoms with van der Waals surface area (Å²) in [6.07, 6.45) is 6.57. The van der Waals surface area contributed by atoms with E-state index in [1.807, 2.05) is 24.3 Å². The molecule has 3 heteroatoms. The number of amides is 1. The Morgan fingerprint density at radius 3 is 2.80 bits per heavy atom. The molecule has 1 amide bonds. The highest BCUT2D eigenvalue weighted by atomic mass is 16.1. The van der Waals surface area contributed by atoms with Gasteiger partial charge in [-0.1, -0.05) is 38.3 Å². The first-order valence-corrected chi connectivity index (χ1v) is 7.52. The second-order valence-electron chi connectivity index (χ2n) is 5.63. The normalized spacial score (nSPS) is 16.6. The Morgan fingerprint density at radius 1 is 1.40 bits per heavy atom. The van der Waals surface area contributed by atoms with Crippen molar-refractivity contribution in [2.75, 3.05) is 5.32 Å². The van der Waals surface area contributed by atoms with Gasteiger partial charge in [-0.3, -0.25) is 4.79 Å². The van der Waals surface area contributed by atoms with Crippen molar-refractivity contribution in [1.29, 1.82) is 5.26 Å². The molecule has 1 aromatic rings. The minimum atomic E-state index is -0.343. The van der Waals surface area contributed by atoms with Gasteiger partial charge in [-0.25, -0.2) is 0 Å². The molecule has 1 aliphatic carbocycles. The first-order chi connectivity index (χ1) is 9.70. The van der Waals surface area contributed by atoms with E-state index in [9.17, 15) is 10.1 Å². The molecule has 2 rings (SSSR count). The van der Waals surface area contributed by atoms with Crippen molar-refractivity contribution in [3.8, 4) is 6.07 Å². The molecular formula is C17H22N2O. The van der Waals surface area contributed by atoms with E-state index in [4.69, 9.17) is 0 Å². The number of hydrogen-bond acceptors (Lipinski definition) is 2. The third-order valence-electron chi connectivity index (χ3n) is 4.13. The fraction of sp³-hybridized carbons (Fsp3) is 0.529. The highest BCUT2D eigenvalue weighted by Crippen LogP contribution is 2.41. The molecule has 0 atom stereocenters. The van der Waals surface area contributed by atoms with E-state index >= 15 is 0 Å². The summed E-state index contributed by atoms with van der Waals surface area (Å²) >= 11 is 0. The lowest BCUT2D eigenvalue weighted by Gasteiger charge is -2.21. The summed E-state index contributed by atoms with van der Waals surface area (Å²) in [4.78, 5) is 11.8. The molecule has 1 N–H and O–H groups in total. The molecule has 106 valence electrons. The first-order valence-electron chi connectivity index (χ1n) is 7.52. The SMILES string of the molecule is CCCCC(=O)Nc1cccc(C2(C#N)CCCC2)c1. The van der Waals surface area contributed by atoms with Crippen LogP contribution in [0, 0.1) is 11.3 Å². The van der Waals surface area contributed by atoms with Gasteiger partial charge in [0.05, 0.1) is 11.5 Å². The Labute approximate surface area is 121 Å². The second-order valence-corrected chi connectivity index (χ2v) is 5.63. The van der Waals surface area contributed by atoms with Crippen molar-refractivity contribution in [3.63, 3.8) is 0 Å². The average Bonchev–Trinajstić information content (AvgIpc) is 2.95. The molecule has 0 aromatic heterocycles. The van der Waals surface area contributed by atoms with E-state index in [0.717, 1.165) is 49.8 Å². The first kappa shape index (κ1) is 14.6. The number of rotatable bonds is 5. The Hall–Kier alpha value is -1.82. The molecule has 0 bridgehead atoms. The number of unbranched alkanes of at least 4 members (excludes halogenated alkanes) is 1. The summed E-state index contributed by atoms with van der Waals surface area (Å²) in [7, 11) is 0. The van der Waals surface area contributed by atoms with Gasteiger partial charge in [0.25, 0.3) is 0 Å². The van der Waals surface area contributed by atoms with Crippen molar-refractivity contribution in [2.24, 2.45) is 0 Å². The largest absolute Gasteiger partial charge is 0.326 e. The van der Waals surface area contributed by atoms with Crippen LogP contribution in [-0.2, 0) is 10.2 Å². The van der Waals surface area contributed by atoms with E-state index in [-0.39, 0.29) is 11.3 Å². The van der Waals surface area contributed by atoms with Crippen LogP contribution in [0.1, 0.15) is 57.4 Å². The summed E-state index contributed by atoms with van der Waals surface area (Å²) in [6, 6.07) is 10.3. The summed E-state index contributed by atoms with van der Waals surface area (Å²) in [6.45, 7) is 2.07. The van der Waals surface area contributed by atoms with Gasteiger partial charge in [0.15, 0.2) is 0 Å². The number of anilines is 1. The maximum Gasteiger partial charge on any atom is 0.224 e. The smallest absolute Gasteiger partial charge is 0.224 e. The van der Waals surface area contributed by atoms with Crippen molar-refractivity contribution < 1.29 is 4.79 Å². The zero-order chi connectivity index (χ0) is 14.4. The van der Waals surface area contributed by atoms with Crippen LogP contribution in [0.15, 0.2) is 24.3 Å². The molecule has 20 heavy (non-hydrogen) atoms. The molecule has 1 aromatic carbocycles. The van der Waals surface area contributed by atoms with Crippen LogP contribution in [-0.4, -0.2) is 5.91 Å². The van der Waals surface area contributed by atoms with Crippen LogP contribution in [0.4, 0.5) is 5.69 Å². The minimum Gasteiger partial charge on any atom is -0.326 e. The zero-order valence-corrected chi connectivity index (χ0v) is 12.1. The molecule has 0 unspecified atom stereocenters. The van der Waals surface area contributed by atoms with Crippen molar-refractivity contribution in [2.45, 2.75) is 57.3 Å². The van der Waals surface area contributed by atoms with Gasteiger partial charge < -0.3 is 5.32 Å². The lowest BCUT2D eigenvalue weighted by atomic mass is 9.80. The molecular weight excluding hydrogens is 248 g/mol. The molecule has 0 radical (unpaired) electrons. The van der Waals surface area contributed by atoms with E-state index in [1.165, 1.54) is 0 Å².